The Kier molecular flexibility index (Phi) is 6.96. The second kappa shape index (κ2) is 10.0. The average molecular weight is 432 g/mol. The van der Waals surface area contributed by atoms with Crippen molar-refractivity contribution in [2.45, 2.75) is 39.3 Å². The van der Waals surface area contributed by atoms with Crippen LogP contribution in [0, 0.1) is 13.8 Å². The number of aromatic nitrogens is 1. The predicted molar refractivity (Wildman–Crippen MR) is 131 cm³/mol. The number of hydrogen-bond acceptors (Lipinski definition) is 5. The summed E-state index contributed by atoms with van der Waals surface area (Å²) in [4.78, 5) is 7.13. The Balaban J connectivity index is 1.65. The highest BCUT2D eigenvalue weighted by atomic mass is 16.5. The Morgan fingerprint density at radius 3 is 2.38 bits per heavy atom. The zero-order valence-corrected chi connectivity index (χ0v) is 19.5. The molecule has 1 aliphatic heterocycles. The van der Waals surface area contributed by atoms with Crippen molar-refractivity contribution in [3.63, 3.8) is 0 Å². The van der Waals surface area contributed by atoms with Gasteiger partial charge in [-0.2, -0.15) is 0 Å². The number of nitrogens with one attached hydrogen (secondary N) is 1. The highest BCUT2D eigenvalue weighted by molar-refractivity contribution is 5.69. The van der Waals surface area contributed by atoms with Gasteiger partial charge >= 0.3 is 0 Å². The SMILES string of the molecule is COc1cc(-c2cncc(CN(c3ccc(C)cc3)C3CCNCC3)c2)cc(C)c1OC. The topological polar surface area (TPSA) is 46.6 Å². The minimum atomic E-state index is 0.519. The Morgan fingerprint density at radius 2 is 1.69 bits per heavy atom. The molecule has 0 amide bonds. The van der Waals surface area contributed by atoms with Crippen molar-refractivity contribution < 1.29 is 9.47 Å². The first-order chi connectivity index (χ1) is 15.6. The third-order valence-electron chi connectivity index (χ3n) is 6.26. The fourth-order valence-corrected chi connectivity index (χ4v) is 4.54. The highest BCUT2D eigenvalue weighted by Gasteiger charge is 2.22. The maximum Gasteiger partial charge on any atom is 0.163 e. The monoisotopic (exact) mass is 431 g/mol. The zero-order chi connectivity index (χ0) is 22.5. The molecule has 5 nitrogen and oxygen atoms in total. The Hall–Kier alpha value is -3.05. The summed E-state index contributed by atoms with van der Waals surface area (Å²) < 4.78 is 11.1. The van der Waals surface area contributed by atoms with E-state index in [0.717, 1.165) is 60.7 Å². The van der Waals surface area contributed by atoms with Gasteiger partial charge in [-0.3, -0.25) is 4.98 Å². The number of piperidine rings is 1. The molecular formula is C27H33N3O2. The first-order valence-corrected chi connectivity index (χ1v) is 11.3. The molecule has 1 fully saturated rings. The summed E-state index contributed by atoms with van der Waals surface area (Å²) >= 11 is 0. The molecule has 32 heavy (non-hydrogen) atoms. The van der Waals surface area contributed by atoms with Crippen LogP contribution in [-0.2, 0) is 6.54 Å². The zero-order valence-electron chi connectivity index (χ0n) is 19.5. The summed E-state index contributed by atoms with van der Waals surface area (Å²) in [5, 5.41) is 3.49. The van der Waals surface area contributed by atoms with Crippen LogP contribution in [0.1, 0.15) is 29.5 Å². The van der Waals surface area contributed by atoms with Crippen LogP contribution < -0.4 is 19.7 Å². The summed E-state index contributed by atoms with van der Waals surface area (Å²) in [5.41, 5.74) is 6.97. The van der Waals surface area contributed by atoms with E-state index in [0.29, 0.717) is 6.04 Å². The molecule has 0 bridgehead atoms. The lowest BCUT2D eigenvalue weighted by Gasteiger charge is -2.36. The van der Waals surface area contributed by atoms with Crippen LogP contribution in [0.25, 0.3) is 11.1 Å². The number of nitrogens with zero attached hydrogens (tertiary/aromatic N) is 2. The molecule has 5 heteroatoms. The van der Waals surface area contributed by atoms with Crippen LogP contribution in [0.2, 0.25) is 0 Å². The average Bonchev–Trinajstić information content (AvgIpc) is 2.83. The molecular weight excluding hydrogens is 398 g/mol. The second-order valence-electron chi connectivity index (χ2n) is 8.56. The first kappa shape index (κ1) is 22.2. The summed E-state index contributed by atoms with van der Waals surface area (Å²) in [6, 6.07) is 15.8. The fourth-order valence-electron chi connectivity index (χ4n) is 4.54. The van der Waals surface area contributed by atoms with E-state index < -0.39 is 0 Å². The molecule has 1 aliphatic rings. The van der Waals surface area contributed by atoms with Crippen molar-refractivity contribution in [3.05, 3.63) is 71.5 Å². The molecule has 0 spiro atoms. The van der Waals surface area contributed by atoms with E-state index in [1.54, 1.807) is 14.2 Å². The van der Waals surface area contributed by atoms with E-state index in [9.17, 15) is 0 Å². The normalized spacial score (nSPS) is 14.2. The first-order valence-electron chi connectivity index (χ1n) is 11.3. The molecule has 1 N–H and O–H groups in total. The van der Waals surface area contributed by atoms with Crippen LogP contribution >= 0.6 is 0 Å². The van der Waals surface area contributed by atoms with E-state index in [1.165, 1.54) is 16.8 Å². The van der Waals surface area contributed by atoms with Crippen LogP contribution in [0.15, 0.2) is 54.9 Å². The van der Waals surface area contributed by atoms with Gasteiger partial charge in [0.25, 0.3) is 0 Å². The number of aryl methyl sites for hydroxylation is 2. The lowest BCUT2D eigenvalue weighted by atomic mass is 10.0. The highest BCUT2D eigenvalue weighted by Crippen LogP contribution is 2.36. The third-order valence-corrected chi connectivity index (χ3v) is 6.26. The summed E-state index contributed by atoms with van der Waals surface area (Å²) in [7, 11) is 3.35. The number of pyridine rings is 1. The van der Waals surface area contributed by atoms with Crippen molar-refractivity contribution in [1.82, 2.24) is 10.3 Å². The molecule has 0 radical (unpaired) electrons. The fraction of sp³-hybridized carbons (Fsp3) is 0.370. The van der Waals surface area contributed by atoms with E-state index in [1.807, 2.05) is 25.4 Å². The van der Waals surface area contributed by atoms with Gasteiger partial charge in [0.2, 0.25) is 0 Å². The number of rotatable bonds is 7. The molecule has 168 valence electrons. The molecule has 0 aliphatic carbocycles. The standard InChI is InChI=1S/C27H33N3O2/c1-19-5-7-24(8-6-19)30(25-9-11-28-12-10-25)18-21-14-23(17-29-16-21)22-13-20(2)27(32-4)26(15-22)31-3/h5-8,13-17,25,28H,9-12,18H2,1-4H3. The third kappa shape index (κ3) is 4.89. The van der Waals surface area contributed by atoms with Crippen molar-refractivity contribution >= 4 is 5.69 Å². The Morgan fingerprint density at radius 1 is 0.938 bits per heavy atom. The number of ether oxygens (including phenoxy) is 2. The molecule has 1 aromatic heterocycles. The van der Waals surface area contributed by atoms with Crippen LogP contribution in [-0.4, -0.2) is 38.3 Å². The molecule has 1 saturated heterocycles. The van der Waals surface area contributed by atoms with Crippen LogP contribution in [0.4, 0.5) is 5.69 Å². The summed E-state index contributed by atoms with van der Waals surface area (Å²) in [6.45, 7) is 7.14. The maximum atomic E-state index is 5.56. The van der Waals surface area contributed by atoms with Gasteiger partial charge in [-0.05, 0) is 86.8 Å². The van der Waals surface area contributed by atoms with E-state index >= 15 is 0 Å². The van der Waals surface area contributed by atoms with Crippen molar-refractivity contribution in [1.29, 1.82) is 0 Å². The molecule has 2 heterocycles. The van der Waals surface area contributed by atoms with Crippen LogP contribution in [0.5, 0.6) is 11.5 Å². The largest absolute Gasteiger partial charge is 0.493 e. The van der Waals surface area contributed by atoms with E-state index in [-0.39, 0.29) is 0 Å². The minimum Gasteiger partial charge on any atom is -0.493 e. The van der Waals surface area contributed by atoms with Crippen LogP contribution in [0.3, 0.4) is 0 Å². The second-order valence-corrected chi connectivity index (χ2v) is 8.56. The van der Waals surface area contributed by atoms with Crippen molar-refractivity contribution in [2.75, 3.05) is 32.2 Å². The van der Waals surface area contributed by atoms with Gasteiger partial charge in [0.15, 0.2) is 11.5 Å². The number of methoxy groups -OCH3 is 2. The summed E-state index contributed by atoms with van der Waals surface area (Å²) in [6.07, 6.45) is 6.20. The molecule has 0 atom stereocenters. The lowest BCUT2D eigenvalue weighted by Crippen LogP contribution is -2.43. The minimum absolute atomic E-state index is 0.519. The van der Waals surface area contributed by atoms with Crippen molar-refractivity contribution in [3.8, 4) is 22.6 Å². The molecule has 4 rings (SSSR count). The molecule has 0 unspecified atom stereocenters. The van der Waals surface area contributed by atoms with E-state index in [2.05, 4.69) is 58.5 Å². The van der Waals surface area contributed by atoms with Crippen molar-refractivity contribution in [2.24, 2.45) is 0 Å². The predicted octanol–water partition coefficient (Wildman–Crippen LogP) is 5.14. The quantitative estimate of drug-likeness (QED) is 0.561. The number of hydrogen-bond donors (Lipinski definition) is 1. The summed E-state index contributed by atoms with van der Waals surface area (Å²) in [5.74, 6) is 1.51. The molecule has 2 aromatic carbocycles. The number of benzene rings is 2. The van der Waals surface area contributed by atoms with Gasteiger partial charge in [0.05, 0.1) is 14.2 Å². The molecule has 3 aromatic rings. The van der Waals surface area contributed by atoms with Gasteiger partial charge in [-0.25, -0.2) is 0 Å². The lowest BCUT2D eigenvalue weighted by molar-refractivity contribution is 0.353. The van der Waals surface area contributed by atoms with Gasteiger partial charge < -0.3 is 19.7 Å². The Bertz CT molecular complexity index is 1040. The van der Waals surface area contributed by atoms with Gasteiger partial charge in [-0.15, -0.1) is 0 Å². The van der Waals surface area contributed by atoms with Gasteiger partial charge in [0, 0.05) is 36.2 Å². The van der Waals surface area contributed by atoms with E-state index in [4.69, 9.17) is 9.47 Å². The Labute approximate surface area is 191 Å². The maximum absolute atomic E-state index is 5.56. The smallest absolute Gasteiger partial charge is 0.163 e. The van der Waals surface area contributed by atoms with Gasteiger partial charge in [-0.1, -0.05) is 17.7 Å². The number of anilines is 1. The van der Waals surface area contributed by atoms with Gasteiger partial charge in [0.1, 0.15) is 0 Å². The molecule has 0 saturated carbocycles.